The van der Waals surface area contributed by atoms with E-state index in [1.165, 1.54) is 12.1 Å². The van der Waals surface area contributed by atoms with Crippen LogP contribution in [0.4, 0.5) is 5.69 Å². The van der Waals surface area contributed by atoms with E-state index in [-0.39, 0.29) is 11.7 Å². The van der Waals surface area contributed by atoms with E-state index < -0.39 is 11.7 Å². The monoisotopic (exact) mass is 391 g/mol. The lowest BCUT2D eigenvalue weighted by atomic mass is 10.1. The summed E-state index contributed by atoms with van der Waals surface area (Å²) in [5.74, 6) is -0.0964. The molecule has 0 spiro atoms. The first kappa shape index (κ1) is 18.3. The van der Waals surface area contributed by atoms with Crippen molar-refractivity contribution in [3.8, 4) is 5.75 Å². The highest BCUT2D eigenvalue weighted by molar-refractivity contribution is 6.33. The zero-order valence-corrected chi connectivity index (χ0v) is 15.5. The van der Waals surface area contributed by atoms with E-state index in [1.807, 2.05) is 0 Å². The fourth-order valence-electron chi connectivity index (χ4n) is 2.43. The van der Waals surface area contributed by atoms with Gasteiger partial charge in [-0.15, -0.1) is 0 Å². The van der Waals surface area contributed by atoms with Gasteiger partial charge in [-0.1, -0.05) is 23.2 Å². The molecule has 0 unspecified atom stereocenters. The van der Waals surface area contributed by atoms with Crippen molar-refractivity contribution in [2.45, 2.75) is 20.0 Å². The van der Waals surface area contributed by atoms with Gasteiger partial charge in [-0.3, -0.25) is 4.79 Å². The zero-order valence-electron chi connectivity index (χ0n) is 14.0. The lowest BCUT2D eigenvalue weighted by Crippen LogP contribution is -2.30. The van der Waals surface area contributed by atoms with Crippen LogP contribution in [0.3, 0.4) is 0 Å². The SMILES string of the molecule is Cc1cc(=O)oc2cc(O[C@@H](C)C(=O)Nc3ccc(Cl)cc3)c(Cl)cc12. The maximum Gasteiger partial charge on any atom is 0.336 e. The van der Waals surface area contributed by atoms with Crippen LogP contribution in [0.1, 0.15) is 12.5 Å². The molecule has 2 aromatic carbocycles. The molecule has 0 radical (unpaired) electrons. The second-order valence-corrected chi connectivity index (χ2v) is 6.63. The molecule has 5 nitrogen and oxygen atoms in total. The number of amides is 1. The number of hydrogen-bond donors (Lipinski definition) is 1. The number of rotatable bonds is 4. The largest absolute Gasteiger partial charge is 0.479 e. The molecule has 1 aromatic heterocycles. The minimum Gasteiger partial charge on any atom is -0.479 e. The van der Waals surface area contributed by atoms with Crippen LogP contribution in [0.25, 0.3) is 11.0 Å². The zero-order chi connectivity index (χ0) is 18.8. The van der Waals surface area contributed by atoms with Crippen molar-refractivity contribution in [1.29, 1.82) is 0 Å². The van der Waals surface area contributed by atoms with E-state index >= 15 is 0 Å². The number of hydrogen-bond acceptors (Lipinski definition) is 4. The first-order valence-electron chi connectivity index (χ1n) is 7.80. The molecule has 0 saturated carbocycles. The maximum atomic E-state index is 12.3. The standard InChI is InChI=1S/C19H15Cl2NO4/c1-10-7-18(23)26-16-9-17(15(21)8-14(10)16)25-11(2)19(24)22-13-5-3-12(20)4-6-13/h3-9,11H,1-2H3,(H,22,24)/t11-/m0/s1. The van der Waals surface area contributed by atoms with Crippen LogP contribution in [0.5, 0.6) is 5.75 Å². The van der Waals surface area contributed by atoms with Gasteiger partial charge in [0, 0.05) is 28.2 Å². The van der Waals surface area contributed by atoms with Gasteiger partial charge >= 0.3 is 5.63 Å². The van der Waals surface area contributed by atoms with Crippen LogP contribution in [-0.2, 0) is 4.79 Å². The van der Waals surface area contributed by atoms with E-state index in [9.17, 15) is 9.59 Å². The van der Waals surface area contributed by atoms with Crippen LogP contribution in [0.2, 0.25) is 10.0 Å². The molecule has 26 heavy (non-hydrogen) atoms. The Bertz CT molecular complexity index is 1030. The first-order valence-corrected chi connectivity index (χ1v) is 8.56. The Morgan fingerprint density at radius 2 is 1.85 bits per heavy atom. The van der Waals surface area contributed by atoms with Crippen LogP contribution in [0, 0.1) is 6.92 Å². The highest BCUT2D eigenvalue weighted by Crippen LogP contribution is 2.31. The highest BCUT2D eigenvalue weighted by atomic mass is 35.5. The molecule has 0 fully saturated rings. The highest BCUT2D eigenvalue weighted by Gasteiger charge is 2.18. The van der Waals surface area contributed by atoms with Gasteiger partial charge < -0.3 is 14.5 Å². The predicted octanol–water partition coefficient (Wildman–Crippen LogP) is 4.81. The van der Waals surface area contributed by atoms with Gasteiger partial charge in [-0.25, -0.2) is 4.79 Å². The van der Waals surface area contributed by atoms with Crippen LogP contribution in [-0.4, -0.2) is 12.0 Å². The van der Waals surface area contributed by atoms with E-state index in [2.05, 4.69) is 5.32 Å². The summed E-state index contributed by atoms with van der Waals surface area (Å²) in [4.78, 5) is 23.8. The van der Waals surface area contributed by atoms with Gasteiger partial charge in [0.15, 0.2) is 6.10 Å². The Morgan fingerprint density at radius 1 is 1.15 bits per heavy atom. The fourth-order valence-corrected chi connectivity index (χ4v) is 2.77. The molecule has 0 saturated heterocycles. The van der Waals surface area contributed by atoms with Crippen molar-refractivity contribution in [3.63, 3.8) is 0 Å². The molecule has 1 atom stereocenters. The molecule has 7 heteroatoms. The molecule has 3 rings (SSSR count). The Kier molecular flexibility index (Phi) is 5.20. The molecule has 0 aliphatic heterocycles. The Morgan fingerprint density at radius 3 is 2.54 bits per heavy atom. The van der Waals surface area contributed by atoms with E-state index in [0.717, 1.165) is 5.56 Å². The number of ether oxygens (including phenoxy) is 1. The third-order valence-corrected chi connectivity index (χ3v) is 4.34. The summed E-state index contributed by atoms with van der Waals surface area (Å²) in [7, 11) is 0. The molecular weight excluding hydrogens is 377 g/mol. The molecule has 1 N–H and O–H groups in total. The summed E-state index contributed by atoms with van der Waals surface area (Å²) < 4.78 is 10.8. The summed E-state index contributed by atoms with van der Waals surface area (Å²) in [6.07, 6.45) is -0.822. The topological polar surface area (TPSA) is 68.5 Å². The van der Waals surface area contributed by atoms with Crippen LogP contribution < -0.4 is 15.7 Å². The maximum absolute atomic E-state index is 12.3. The molecule has 0 aliphatic carbocycles. The second kappa shape index (κ2) is 7.40. The van der Waals surface area contributed by atoms with Crippen LogP contribution >= 0.6 is 23.2 Å². The lowest BCUT2D eigenvalue weighted by Gasteiger charge is -2.16. The molecule has 3 aromatic rings. The minimum atomic E-state index is -0.822. The lowest BCUT2D eigenvalue weighted by molar-refractivity contribution is -0.122. The number of aryl methyl sites for hydroxylation is 1. The first-order chi connectivity index (χ1) is 12.3. The third kappa shape index (κ3) is 4.00. The number of nitrogens with one attached hydrogen (secondary N) is 1. The van der Waals surface area contributed by atoms with E-state index in [1.54, 1.807) is 44.2 Å². The van der Waals surface area contributed by atoms with Gasteiger partial charge in [-0.05, 0) is 49.7 Å². The van der Waals surface area contributed by atoms with Crippen molar-refractivity contribution in [3.05, 3.63) is 68.5 Å². The number of anilines is 1. The summed E-state index contributed by atoms with van der Waals surface area (Å²) >= 11 is 12.1. The smallest absolute Gasteiger partial charge is 0.336 e. The Labute approximate surface area is 159 Å². The van der Waals surface area contributed by atoms with Gasteiger partial charge in [0.05, 0.1) is 5.02 Å². The summed E-state index contributed by atoms with van der Waals surface area (Å²) in [6, 6.07) is 11.3. The van der Waals surface area contributed by atoms with Crippen molar-refractivity contribution in [1.82, 2.24) is 0 Å². The van der Waals surface area contributed by atoms with Gasteiger partial charge in [0.25, 0.3) is 5.91 Å². The van der Waals surface area contributed by atoms with Crippen molar-refractivity contribution >= 4 is 45.8 Å². The summed E-state index contributed by atoms with van der Waals surface area (Å²) in [5.41, 5.74) is 1.23. The molecule has 1 amide bonds. The Balaban J connectivity index is 1.81. The van der Waals surface area contributed by atoms with E-state index in [0.29, 0.717) is 26.7 Å². The number of benzene rings is 2. The van der Waals surface area contributed by atoms with Gasteiger partial charge in [0.1, 0.15) is 11.3 Å². The molecular formula is C19H15Cl2NO4. The third-order valence-electron chi connectivity index (χ3n) is 3.79. The Hall–Kier alpha value is -2.50. The second-order valence-electron chi connectivity index (χ2n) is 5.78. The number of carbonyl (C=O) groups excluding carboxylic acids is 1. The fraction of sp³-hybridized carbons (Fsp3) is 0.158. The molecule has 134 valence electrons. The average molecular weight is 392 g/mol. The predicted molar refractivity (Wildman–Crippen MR) is 102 cm³/mol. The minimum absolute atomic E-state index is 0.256. The molecule has 1 heterocycles. The quantitative estimate of drug-likeness (QED) is 0.647. The van der Waals surface area contributed by atoms with E-state index in [4.69, 9.17) is 32.4 Å². The summed E-state index contributed by atoms with van der Waals surface area (Å²) in [5, 5.41) is 4.33. The molecule has 0 bridgehead atoms. The van der Waals surface area contributed by atoms with Gasteiger partial charge in [-0.2, -0.15) is 0 Å². The number of carbonyl (C=O) groups is 1. The summed E-state index contributed by atoms with van der Waals surface area (Å²) in [6.45, 7) is 3.39. The van der Waals surface area contributed by atoms with Crippen molar-refractivity contribution in [2.24, 2.45) is 0 Å². The number of fused-ring (bicyclic) bond motifs is 1. The van der Waals surface area contributed by atoms with Crippen molar-refractivity contribution < 1.29 is 13.9 Å². The number of halogens is 2. The van der Waals surface area contributed by atoms with Crippen LogP contribution in [0.15, 0.2) is 51.7 Å². The molecule has 0 aliphatic rings. The normalized spacial score (nSPS) is 12.0. The average Bonchev–Trinajstić information content (AvgIpc) is 2.58. The van der Waals surface area contributed by atoms with Crippen molar-refractivity contribution in [2.75, 3.05) is 5.32 Å². The van der Waals surface area contributed by atoms with Gasteiger partial charge in [0.2, 0.25) is 0 Å².